The Labute approximate surface area is 137 Å². The van der Waals surface area contributed by atoms with Crippen molar-refractivity contribution in [2.45, 2.75) is 11.8 Å². The number of likely N-dealkylation sites (N-methyl/N-ethyl adjacent to an activating group) is 1. The van der Waals surface area contributed by atoms with Crippen LogP contribution in [0.3, 0.4) is 0 Å². The monoisotopic (exact) mass is 327 g/mol. The minimum absolute atomic E-state index is 0.300. The second-order valence-corrected chi connectivity index (χ2v) is 6.06. The van der Waals surface area contributed by atoms with Gasteiger partial charge in [0, 0.05) is 11.4 Å². The van der Waals surface area contributed by atoms with Crippen LogP contribution in [0, 0.1) is 5.82 Å². The van der Waals surface area contributed by atoms with E-state index >= 15 is 0 Å². The number of imide groups is 1. The van der Waals surface area contributed by atoms with E-state index < -0.39 is 0 Å². The lowest BCUT2D eigenvalue weighted by Gasteiger charge is -2.11. The Hall–Kier alpha value is -2.40. The quantitative estimate of drug-likeness (QED) is 0.803. The third-order valence-corrected chi connectivity index (χ3v) is 4.63. The molecule has 0 N–H and O–H groups in total. The van der Waals surface area contributed by atoms with Crippen molar-refractivity contribution < 1.29 is 14.0 Å². The predicted octanol–water partition coefficient (Wildman–Crippen LogP) is 3.72. The van der Waals surface area contributed by atoms with Crippen molar-refractivity contribution in [3.05, 3.63) is 70.9 Å². The molecule has 1 aliphatic rings. The molecular formula is C18H14FNO2S. The van der Waals surface area contributed by atoms with Gasteiger partial charge in [-0.1, -0.05) is 42.1 Å². The number of rotatable bonds is 4. The standard InChI is InChI=1S/C18H14FNO2S/c1-2-20-17(21)15(12-8-10-13(19)11-9-12)16(18(20)22)23-14-6-4-3-5-7-14/h3-11H,2H2,1H3. The van der Waals surface area contributed by atoms with Gasteiger partial charge in [-0.3, -0.25) is 14.5 Å². The van der Waals surface area contributed by atoms with Gasteiger partial charge >= 0.3 is 0 Å². The molecule has 0 saturated carbocycles. The molecule has 0 unspecified atom stereocenters. The molecule has 5 heteroatoms. The van der Waals surface area contributed by atoms with Crippen molar-refractivity contribution in [2.24, 2.45) is 0 Å². The fourth-order valence-electron chi connectivity index (χ4n) is 2.41. The van der Waals surface area contributed by atoms with E-state index in [1.165, 1.54) is 40.9 Å². The van der Waals surface area contributed by atoms with Crippen molar-refractivity contribution in [3.8, 4) is 0 Å². The van der Waals surface area contributed by atoms with Crippen LogP contribution in [0.15, 0.2) is 64.4 Å². The van der Waals surface area contributed by atoms with E-state index in [0.29, 0.717) is 22.6 Å². The third-order valence-electron chi connectivity index (χ3n) is 3.54. The molecule has 0 aromatic heterocycles. The maximum Gasteiger partial charge on any atom is 0.268 e. The molecule has 23 heavy (non-hydrogen) atoms. The summed E-state index contributed by atoms with van der Waals surface area (Å²) in [5, 5.41) is 0. The van der Waals surface area contributed by atoms with Crippen LogP contribution in [-0.2, 0) is 9.59 Å². The molecule has 116 valence electrons. The van der Waals surface area contributed by atoms with Crippen LogP contribution >= 0.6 is 11.8 Å². The van der Waals surface area contributed by atoms with Crippen molar-refractivity contribution in [1.29, 1.82) is 0 Å². The smallest absolute Gasteiger partial charge is 0.268 e. The number of hydrogen-bond acceptors (Lipinski definition) is 3. The molecular weight excluding hydrogens is 313 g/mol. The van der Waals surface area contributed by atoms with Gasteiger partial charge in [0.05, 0.1) is 10.5 Å². The lowest BCUT2D eigenvalue weighted by atomic mass is 10.1. The largest absolute Gasteiger partial charge is 0.274 e. The van der Waals surface area contributed by atoms with Crippen LogP contribution in [0.25, 0.3) is 5.57 Å². The minimum Gasteiger partial charge on any atom is -0.274 e. The van der Waals surface area contributed by atoms with Crippen LogP contribution < -0.4 is 0 Å². The minimum atomic E-state index is -0.379. The SMILES string of the molecule is CCN1C(=O)C(Sc2ccccc2)=C(c2ccc(F)cc2)C1=O. The molecule has 2 amide bonds. The zero-order chi connectivity index (χ0) is 16.4. The molecule has 3 rings (SSSR count). The van der Waals surface area contributed by atoms with Gasteiger partial charge in [0.2, 0.25) is 0 Å². The first-order chi connectivity index (χ1) is 11.1. The van der Waals surface area contributed by atoms with Crippen LogP contribution in [0.5, 0.6) is 0 Å². The van der Waals surface area contributed by atoms with Gasteiger partial charge in [0.15, 0.2) is 0 Å². The number of carbonyl (C=O) groups is 2. The molecule has 2 aromatic rings. The van der Waals surface area contributed by atoms with Crippen LogP contribution in [0.2, 0.25) is 0 Å². The number of amides is 2. The number of nitrogens with zero attached hydrogens (tertiary/aromatic N) is 1. The summed E-state index contributed by atoms with van der Waals surface area (Å²) in [5.41, 5.74) is 0.893. The van der Waals surface area contributed by atoms with E-state index in [1.807, 2.05) is 30.3 Å². The highest BCUT2D eigenvalue weighted by molar-refractivity contribution is 8.04. The lowest BCUT2D eigenvalue weighted by Crippen LogP contribution is -2.31. The second-order valence-electron chi connectivity index (χ2n) is 4.98. The molecule has 0 atom stereocenters. The van der Waals surface area contributed by atoms with Crippen LogP contribution in [-0.4, -0.2) is 23.3 Å². The first-order valence-electron chi connectivity index (χ1n) is 7.21. The Balaban J connectivity index is 2.08. The summed E-state index contributed by atoms with van der Waals surface area (Å²) in [7, 11) is 0. The topological polar surface area (TPSA) is 37.4 Å². The fourth-order valence-corrected chi connectivity index (χ4v) is 3.45. The summed E-state index contributed by atoms with van der Waals surface area (Å²) < 4.78 is 13.2. The molecule has 0 fully saturated rings. The molecule has 1 aliphatic heterocycles. The maximum absolute atomic E-state index is 13.2. The van der Waals surface area contributed by atoms with E-state index in [9.17, 15) is 14.0 Å². The van der Waals surface area contributed by atoms with Crippen molar-refractivity contribution in [3.63, 3.8) is 0 Å². The Morgan fingerprint density at radius 1 is 0.957 bits per heavy atom. The number of hydrogen-bond donors (Lipinski definition) is 0. The Morgan fingerprint density at radius 2 is 1.61 bits per heavy atom. The van der Waals surface area contributed by atoms with Crippen LogP contribution in [0.1, 0.15) is 12.5 Å². The number of thioether (sulfide) groups is 1. The molecule has 0 aliphatic carbocycles. The molecule has 0 saturated heterocycles. The molecule has 0 radical (unpaired) electrons. The lowest BCUT2D eigenvalue weighted by molar-refractivity contribution is -0.136. The summed E-state index contributed by atoms with van der Waals surface area (Å²) in [6, 6.07) is 15.0. The van der Waals surface area contributed by atoms with Gasteiger partial charge < -0.3 is 0 Å². The number of carbonyl (C=O) groups excluding carboxylic acids is 2. The van der Waals surface area contributed by atoms with E-state index in [4.69, 9.17) is 0 Å². The first kappa shape index (κ1) is 15.5. The molecule has 0 spiro atoms. The summed E-state index contributed by atoms with van der Waals surface area (Å²) >= 11 is 1.26. The molecule has 3 nitrogen and oxygen atoms in total. The molecule has 0 bridgehead atoms. The van der Waals surface area contributed by atoms with Gasteiger partial charge in [0.25, 0.3) is 11.8 Å². The van der Waals surface area contributed by atoms with Gasteiger partial charge in [-0.05, 0) is 36.8 Å². The molecule has 1 heterocycles. The summed E-state index contributed by atoms with van der Waals surface area (Å²) in [5.74, 6) is -1.01. The Morgan fingerprint density at radius 3 is 2.22 bits per heavy atom. The molecule has 2 aromatic carbocycles. The van der Waals surface area contributed by atoms with Crippen molar-refractivity contribution >= 4 is 29.1 Å². The second kappa shape index (κ2) is 6.38. The average Bonchev–Trinajstić information content (AvgIpc) is 2.80. The van der Waals surface area contributed by atoms with E-state index in [0.717, 1.165) is 4.90 Å². The van der Waals surface area contributed by atoms with Gasteiger partial charge in [0.1, 0.15) is 5.82 Å². The highest BCUT2D eigenvalue weighted by atomic mass is 32.2. The Kier molecular flexibility index (Phi) is 4.30. The normalized spacial score (nSPS) is 14.8. The zero-order valence-corrected chi connectivity index (χ0v) is 13.3. The van der Waals surface area contributed by atoms with Gasteiger partial charge in [-0.25, -0.2) is 4.39 Å². The summed E-state index contributed by atoms with van der Waals surface area (Å²) in [6.45, 7) is 2.06. The number of halogens is 1. The van der Waals surface area contributed by atoms with Crippen LogP contribution in [0.4, 0.5) is 4.39 Å². The highest BCUT2D eigenvalue weighted by Crippen LogP contribution is 2.39. The van der Waals surface area contributed by atoms with Gasteiger partial charge in [-0.2, -0.15) is 0 Å². The van der Waals surface area contributed by atoms with Crippen molar-refractivity contribution in [1.82, 2.24) is 4.90 Å². The summed E-state index contributed by atoms with van der Waals surface area (Å²) in [6.07, 6.45) is 0. The Bertz CT molecular complexity index is 784. The van der Waals surface area contributed by atoms with E-state index in [-0.39, 0.29) is 17.6 Å². The van der Waals surface area contributed by atoms with Gasteiger partial charge in [-0.15, -0.1) is 0 Å². The zero-order valence-electron chi connectivity index (χ0n) is 12.5. The predicted molar refractivity (Wildman–Crippen MR) is 88.0 cm³/mol. The first-order valence-corrected chi connectivity index (χ1v) is 8.02. The third kappa shape index (κ3) is 2.92. The highest BCUT2D eigenvalue weighted by Gasteiger charge is 2.38. The van der Waals surface area contributed by atoms with E-state index in [2.05, 4.69) is 0 Å². The van der Waals surface area contributed by atoms with Crippen molar-refractivity contribution in [2.75, 3.05) is 6.54 Å². The summed E-state index contributed by atoms with van der Waals surface area (Å²) in [4.78, 5) is 27.6. The van der Waals surface area contributed by atoms with E-state index in [1.54, 1.807) is 6.92 Å². The average molecular weight is 327 g/mol. The fraction of sp³-hybridized carbons (Fsp3) is 0.111. The number of benzene rings is 2. The maximum atomic E-state index is 13.2.